The monoisotopic (exact) mass is 406 g/mol. The normalized spacial score (nSPS) is 31.6. The molecule has 4 saturated carbocycles. The van der Waals surface area contributed by atoms with Crippen molar-refractivity contribution in [2.24, 2.45) is 28.9 Å². The van der Waals surface area contributed by atoms with Gasteiger partial charge in [-0.1, -0.05) is 11.6 Å². The van der Waals surface area contributed by atoms with Crippen LogP contribution in [0, 0.1) is 23.2 Å². The Kier molecular flexibility index (Phi) is 5.49. The molecule has 0 radical (unpaired) electrons. The number of primary amides is 1. The average molecular weight is 407 g/mol. The number of rotatable bonds is 8. The third-order valence-corrected chi connectivity index (χ3v) is 7.55. The second-order valence-electron chi connectivity index (χ2n) is 9.25. The van der Waals surface area contributed by atoms with Crippen LogP contribution in [0.4, 0.5) is 0 Å². The number of methoxy groups -OCH3 is 1. The molecule has 4 bridgehead atoms. The molecule has 1 amide bonds. The van der Waals surface area contributed by atoms with Gasteiger partial charge in [0.2, 0.25) is 0 Å². The molecule has 0 saturated heterocycles. The number of ether oxygens (including phenoxy) is 2. The molecule has 0 heterocycles. The van der Waals surface area contributed by atoms with Crippen LogP contribution >= 0.6 is 11.6 Å². The highest BCUT2D eigenvalue weighted by molar-refractivity contribution is 6.32. The zero-order valence-corrected chi connectivity index (χ0v) is 17.6. The summed E-state index contributed by atoms with van der Waals surface area (Å²) in [6.07, 6.45) is 8.55. The Morgan fingerprint density at radius 3 is 2.39 bits per heavy atom. The minimum Gasteiger partial charge on any atom is -0.493 e. The number of nitrogens with one attached hydrogen (secondary N) is 1. The zero-order valence-electron chi connectivity index (χ0n) is 16.8. The highest BCUT2D eigenvalue weighted by Gasteiger charge is 2.52. The summed E-state index contributed by atoms with van der Waals surface area (Å²) in [5.41, 5.74) is 6.67. The lowest BCUT2D eigenvalue weighted by Gasteiger charge is -2.59. The van der Waals surface area contributed by atoms with Gasteiger partial charge >= 0.3 is 0 Å². The number of hydrogen-bond donors (Lipinski definition) is 2. The summed E-state index contributed by atoms with van der Waals surface area (Å²) in [5, 5.41) is 4.21. The van der Waals surface area contributed by atoms with Gasteiger partial charge in [0.25, 0.3) is 5.91 Å². The van der Waals surface area contributed by atoms with Gasteiger partial charge in [0.05, 0.1) is 12.1 Å². The topological polar surface area (TPSA) is 73.6 Å². The maximum absolute atomic E-state index is 11.0. The zero-order chi connectivity index (χ0) is 19.9. The van der Waals surface area contributed by atoms with Crippen LogP contribution in [0.25, 0.3) is 0 Å². The molecule has 4 aliphatic rings. The lowest BCUT2D eigenvalue weighted by atomic mass is 9.48. The van der Waals surface area contributed by atoms with Crippen molar-refractivity contribution in [2.75, 3.05) is 13.7 Å². The lowest BCUT2D eigenvalue weighted by molar-refractivity contribution is -0.119. The molecule has 0 spiro atoms. The Hall–Kier alpha value is -1.46. The molecule has 1 aromatic rings. The van der Waals surface area contributed by atoms with Crippen LogP contribution in [0.5, 0.6) is 11.5 Å². The van der Waals surface area contributed by atoms with Gasteiger partial charge in [-0.3, -0.25) is 4.79 Å². The summed E-state index contributed by atoms with van der Waals surface area (Å²) in [6.45, 7) is 2.86. The van der Waals surface area contributed by atoms with E-state index in [0.717, 1.165) is 29.9 Å². The predicted octanol–water partition coefficient (Wildman–Crippen LogP) is 3.91. The van der Waals surface area contributed by atoms with Crippen LogP contribution in [0.2, 0.25) is 5.02 Å². The molecule has 6 heteroatoms. The van der Waals surface area contributed by atoms with E-state index in [9.17, 15) is 4.79 Å². The first kappa shape index (κ1) is 19.8. The Bertz CT molecular complexity index is 716. The molecule has 5 nitrogen and oxygen atoms in total. The standard InChI is InChI=1S/C22H31ClN2O3/c1-13(22-8-14-3-15(9-22)5-16(4-14)10-22)25-11-17-6-18(23)21(19(7-17)27-2)28-12-20(24)26/h6-7,13-16,25H,3-5,8-12H2,1-2H3,(H2,24,26)/t13-,14?,15?,16?,22?/m1/s1. The first-order valence-electron chi connectivity index (χ1n) is 10.4. The predicted molar refractivity (Wildman–Crippen MR) is 110 cm³/mol. The van der Waals surface area contributed by atoms with E-state index in [4.69, 9.17) is 26.8 Å². The Morgan fingerprint density at radius 2 is 1.86 bits per heavy atom. The van der Waals surface area contributed by atoms with Crippen molar-refractivity contribution in [2.45, 2.75) is 58.0 Å². The van der Waals surface area contributed by atoms with Crippen molar-refractivity contribution in [3.63, 3.8) is 0 Å². The quantitative estimate of drug-likeness (QED) is 0.686. The van der Waals surface area contributed by atoms with Crippen molar-refractivity contribution in [1.82, 2.24) is 5.32 Å². The second-order valence-corrected chi connectivity index (χ2v) is 9.65. The molecule has 0 aromatic heterocycles. The molecule has 154 valence electrons. The number of carbonyl (C=O) groups is 1. The van der Waals surface area contributed by atoms with Crippen LogP contribution in [0.3, 0.4) is 0 Å². The third kappa shape index (κ3) is 3.84. The average Bonchev–Trinajstić information content (AvgIpc) is 2.63. The fraction of sp³-hybridized carbons (Fsp3) is 0.682. The van der Waals surface area contributed by atoms with E-state index in [-0.39, 0.29) is 6.61 Å². The van der Waals surface area contributed by atoms with Crippen molar-refractivity contribution in [1.29, 1.82) is 0 Å². The highest BCUT2D eigenvalue weighted by atomic mass is 35.5. The van der Waals surface area contributed by atoms with Gasteiger partial charge in [-0.05, 0) is 86.3 Å². The van der Waals surface area contributed by atoms with E-state index >= 15 is 0 Å². The van der Waals surface area contributed by atoms with Gasteiger partial charge < -0.3 is 20.5 Å². The second kappa shape index (κ2) is 7.75. The number of halogens is 1. The molecule has 3 N–H and O–H groups in total. The fourth-order valence-corrected chi connectivity index (χ4v) is 6.64. The summed E-state index contributed by atoms with van der Waals surface area (Å²) >= 11 is 6.38. The first-order valence-corrected chi connectivity index (χ1v) is 10.8. The fourth-order valence-electron chi connectivity index (χ4n) is 6.35. The van der Waals surface area contributed by atoms with E-state index in [1.165, 1.54) is 38.5 Å². The summed E-state index contributed by atoms with van der Waals surface area (Å²) in [4.78, 5) is 11.0. The minimum atomic E-state index is -0.548. The molecule has 5 rings (SSSR count). The van der Waals surface area contributed by atoms with Gasteiger partial charge in [0.1, 0.15) is 0 Å². The van der Waals surface area contributed by atoms with Crippen LogP contribution in [0.15, 0.2) is 12.1 Å². The molecular formula is C22H31ClN2O3. The number of carbonyl (C=O) groups excluding carboxylic acids is 1. The third-order valence-electron chi connectivity index (χ3n) is 7.26. The number of amides is 1. The van der Waals surface area contributed by atoms with E-state index in [2.05, 4.69) is 12.2 Å². The molecule has 1 atom stereocenters. The Balaban J connectivity index is 1.43. The summed E-state index contributed by atoms with van der Waals surface area (Å²) in [7, 11) is 1.57. The lowest BCUT2D eigenvalue weighted by Crippen LogP contribution is -2.54. The summed E-state index contributed by atoms with van der Waals surface area (Å²) < 4.78 is 10.8. The molecular weight excluding hydrogens is 376 g/mol. The molecule has 28 heavy (non-hydrogen) atoms. The number of benzene rings is 1. The van der Waals surface area contributed by atoms with Gasteiger partial charge in [-0.15, -0.1) is 0 Å². The van der Waals surface area contributed by atoms with Gasteiger partial charge in [-0.2, -0.15) is 0 Å². The van der Waals surface area contributed by atoms with E-state index < -0.39 is 5.91 Å². The molecule has 1 aromatic carbocycles. The van der Waals surface area contributed by atoms with Crippen molar-refractivity contribution in [3.8, 4) is 11.5 Å². The molecule has 0 unspecified atom stereocenters. The maximum Gasteiger partial charge on any atom is 0.255 e. The summed E-state index contributed by atoms with van der Waals surface area (Å²) in [6, 6.07) is 4.28. The molecule has 4 aliphatic carbocycles. The van der Waals surface area contributed by atoms with E-state index in [0.29, 0.717) is 28.0 Å². The highest BCUT2D eigenvalue weighted by Crippen LogP contribution is 2.61. The number of hydrogen-bond acceptors (Lipinski definition) is 4. The van der Waals surface area contributed by atoms with Gasteiger partial charge in [-0.25, -0.2) is 0 Å². The minimum absolute atomic E-state index is 0.225. The van der Waals surface area contributed by atoms with E-state index in [1.54, 1.807) is 7.11 Å². The Morgan fingerprint density at radius 1 is 1.25 bits per heavy atom. The number of nitrogens with two attached hydrogens (primary N) is 1. The van der Waals surface area contributed by atoms with Crippen LogP contribution in [-0.2, 0) is 11.3 Å². The van der Waals surface area contributed by atoms with Gasteiger partial charge in [0.15, 0.2) is 18.1 Å². The molecule has 4 fully saturated rings. The molecule has 0 aliphatic heterocycles. The van der Waals surface area contributed by atoms with Crippen LogP contribution in [0.1, 0.15) is 51.0 Å². The first-order chi connectivity index (χ1) is 13.4. The van der Waals surface area contributed by atoms with Crippen LogP contribution < -0.4 is 20.5 Å². The maximum atomic E-state index is 11.0. The Labute approximate surface area is 172 Å². The summed E-state index contributed by atoms with van der Waals surface area (Å²) in [5.74, 6) is 3.19. The smallest absolute Gasteiger partial charge is 0.255 e. The van der Waals surface area contributed by atoms with Crippen molar-refractivity contribution >= 4 is 17.5 Å². The van der Waals surface area contributed by atoms with Crippen molar-refractivity contribution < 1.29 is 14.3 Å². The van der Waals surface area contributed by atoms with Crippen molar-refractivity contribution in [3.05, 3.63) is 22.7 Å². The van der Waals surface area contributed by atoms with E-state index in [1.807, 2.05) is 12.1 Å². The van der Waals surface area contributed by atoms with Gasteiger partial charge in [0, 0.05) is 12.6 Å². The van der Waals surface area contributed by atoms with Crippen LogP contribution in [-0.4, -0.2) is 25.7 Å². The SMILES string of the molecule is COc1cc(CN[C@H](C)C23CC4CC(CC(C4)C2)C3)cc(Cl)c1OCC(N)=O. The largest absolute Gasteiger partial charge is 0.493 e.